The molecule has 0 spiro atoms. The number of carbonyl (C=O) groups is 1. The highest BCUT2D eigenvalue weighted by atomic mass is 19.4. The molecule has 1 aliphatic heterocycles. The fraction of sp³-hybridized carbons (Fsp3) is 0.261. The Kier molecular flexibility index (Phi) is 6.19. The van der Waals surface area contributed by atoms with Crippen LogP contribution in [0.5, 0.6) is 5.75 Å². The maximum atomic E-state index is 12.8. The first-order valence-electron chi connectivity index (χ1n) is 10.3. The number of aromatic nitrogens is 2. The lowest BCUT2D eigenvalue weighted by atomic mass is 10.1. The minimum atomic E-state index is -4.78. The van der Waals surface area contributed by atoms with E-state index in [2.05, 4.69) is 24.9 Å². The molecule has 1 amide bonds. The fourth-order valence-electron chi connectivity index (χ4n) is 3.60. The average Bonchev–Trinajstić information content (AvgIpc) is 3.20. The van der Waals surface area contributed by atoms with Gasteiger partial charge in [-0.15, -0.1) is 13.2 Å². The number of aryl methyl sites for hydroxylation is 1. The lowest BCUT2D eigenvalue weighted by molar-refractivity contribution is -0.274. The lowest BCUT2D eigenvalue weighted by Crippen LogP contribution is -2.27. The van der Waals surface area contributed by atoms with Crippen LogP contribution >= 0.6 is 0 Å². The number of anilines is 2. The zero-order chi connectivity index (χ0) is 23.6. The van der Waals surface area contributed by atoms with E-state index in [4.69, 9.17) is 5.73 Å². The predicted octanol–water partition coefficient (Wildman–Crippen LogP) is 4.14. The topological polar surface area (TPSA) is 93.4 Å². The second-order valence-corrected chi connectivity index (χ2v) is 7.80. The Hall–Kier alpha value is -3.66. The van der Waals surface area contributed by atoms with Crippen LogP contribution in [0.1, 0.15) is 22.5 Å². The number of nitrogens with two attached hydrogens (primary N) is 1. The van der Waals surface area contributed by atoms with Crippen molar-refractivity contribution < 1.29 is 22.7 Å². The molecular weight excluding hydrogens is 435 g/mol. The highest BCUT2D eigenvalue weighted by Crippen LogP contribution is 2.32. The molecule has 0 bridgehead atoms. The smallest absolute Gasteiger partial charge is 0.406 e. The second-order valence-electron chi connectivity index (χ2n) is 7.80. The van der Waals surface area contributed by atoms with E-state index < -0.39 is 12.3 Å². The highest BCUT2D eigenvalue weighted by Gasteiger charge is 2.31. The molecule has 1 fully saturated rings. The Morgan fingerprint density at radius 1 is 1.15 bits per heavy atom. The molecule has 0 aliphatic carbocycles. The van der Waals surface area contributed by atoms with Crippen LogP contribution in [0, 0.1) is 6.92 Å². The van der Waals surface area contributed by atoms with Crippen molar-refractivity contribution in [3.8, 4) is 16.9 Å². The predicted molar refractivity (Wildman–Crippen MR) is 118 cm³/mol. The molecular formula is C23H22F3N5O2. The number of halogens is 3. The summed E-state index contributed by atoms with van der Waals surface area (Å²) in [5.41, 5.74) is 9.11. The van der Waals surface area contributed by atoms with E-state index in [1.807, 2.05) is 19.1 Å². The normalized spacial score (nSPS) is 16.0. The molecule has 1 saturated heterocycles. The SMILES string of the molecule is Cc1ccc(-c2cc(C(=O)Nc3ccc(OC(F)(F)F)cc3)cnc2N2CC[C@@H](N)C2)cn1. The number of nitrogens with one attached hydrogen (secondary N) is 1. The maximum absolute atomic E-state index is 12.8. The maximum Gasteiger partial charge on any atom is 0.573 e. The van der Waals surface area contributed by atoms with Gasteiger partial charge in [0.1, 0.15) is 11.6 Å². The number of hydrogen-bond acceptors (Lipinski definition) is 6. The van der Waals surface area contributed by atoms with E-state index in [0.717, 1.165) is 47.7 Å². The largest absolute Gasteiger partial charge is 0.573 e. The average molecular weight is 457 g/mol. The number of rotatable bonds is 5. The van der Waals surface area contributed by atoms with Gasteiger partial charge >= 0.3 is 6.36 Å². The third-order valence-corrected chi connectivity index (χ3v) is 5.22. The molecule has 172 valence electrons. The number of hydrogen-bond donors (Lipinski definition) is 2. The number of benzene rings is 1. The molecule has 3 N–H and O–H groups in total. The molecule has 0 unspecified atom stereocenters. The van der Waals surface area contributed by atoms with Crippen LogP contribution in [0.25, 0.3) is 11.1 Å². The van der Waals surface area contributed by atoms with E-state index >= 15 is 0 Å². The van der Waals surface area contributed by atoms with Crippen molar-refractivity contribution >= 4 is 17.4 Å². The molecule has 3 heterocycles. The van der Waals surface area contributed by atoms with Crippen molar-refractivity contribution in [1.29, 1.82) is 0 Å². The van der Waals surface area contributed by atoms with Crippen LogP contribution < -0.4 is 20.7 Å². The van der Waals surface area contributed by atoms with Crippen molar-refractivity contribution in [3.63, 3.8) is 0 Å². The first-order valence-corrected chi connectivity index (χ1v) is 10.3. The summed E-state index contributed by atoms with van der Waals surface area (Å²) in [6, 6.07) is 10.5. The van der Waals surface area contributed by atoms with Gasteiger partial charge in [0.25, 0.3) is 5.91 Å². The number of ether oxygens (including phenoxy) is 1. The van der Waals surface area contributed by atoms with Crippen molar-refractivity contribution in [2.75, 3.05) is 23.3 Å². The Labute approximate surface area is 188 Å². The molecule has 2 aromatic heterocycles. The number of nitrogens with zero attached hydrogens (tertiary/aromatic N) is 3. The Bertz CT molecular complexity index is 1130. The summed E-state index contributed by atoms with van der Waals surface area (Å²) >= 11 is 0. The lowest BCUT2D eigenvalue weighted by Gasteiger charge is -2.21. The van der Waals surface area contributed by atoms with Gasteiger partial charge in [-0.05, 0) is 49.7 Å². The Morgan fingerprint density at radius 2 is 1.91 bits per heavy atom. The molecule has 10 heteroatoms. The van der Waals surface area contributed by atoms with Crippen molar-refractivity contribution in [2.45, 2.75) is 25.7 Å². The number of alkyl halides is 3. The van der Waals surface area contributed by atoms with Crippen LogP contribution in [-0.2, 0) is 0 Å². The van der Waals surface area contributed by atoms with Gasteiger partial charge in [0, 0.05) is 54.0 Å². The van der Waals surface area contributed by atoms with E-state index in [1.54, 1.807) is 12.3 Å². The highest BCUT2D eigenvalue weighted by molar-refractivity contribution is 6.05. The summed E-state index contributed by atoms with van der Waals surface area (Å²) in [6.07, 6.45) is -0.726. The van der Waals surface area contributed by atoms with E-state index in [1.165, 1.54) is 18.3 Å². The van der Waals surface area contributed by atoms with Gasteiger partial charge in [0.15, 0.2) is 0 Å². The molecule has 1 aliphatic rings. The third kappa shape index (κ3) is 5.58. The third-order valence-electron chi connectivity index (χ3n) is 5.22. The van der Waals surface area contributed by atoms with Crippen LogP contribution in [-0.4, -0.2) is 41.4 Å². The fourth-order valence-corrected chi connectivity index (χ4v) is 3.60. The van der Waals surface area contributed by atoms with E-state index in [9.17, 15) is 18.0 Å². The first-order chi connectivity index (χ1) is 15.7. The number of amides is 1. The molecule has 1 atom stereocenters. The minimum absolute atomic E-state index is 0.0584. The summed E-state index contributed by atoms with van der Waals surface area (Å²) in [4.78, 5) is 23.8. The second kappa shape index (κ2) is 9.07. The molecule has 7 nitrogen and oxygen atoms in total. The van der Waals surface area contributed by atoms with Crippen molar-refractivity contribution in [2.24, 2.45) is 5.73 Å². The Balaban J connectivity index is 1.59. The van der Waals surface area contributed by atoms with Gasteiger partial charge in [-0.25, -0.2) is 4.98 Å². The van der Waals surface area contributed by atoms with E-state index in [0.29, 0.717) is 17.8 Å². The van der Waals surface area contributed by atoms with Gasteiger partial charge < -0.3 is 20.7 Å². The summed E-state index contributed by atoms with van der Waals surface area (Å²) in [5, 5.41) is 2.67. The van der Waals surface area contributed by atoms with Crippen molar-refractivity contribution in [3.05, 3.63) is 66.1 Å². The summed E-state index contributed by atoms with van der Waals surface area (Å²) < 4.78 is 40.8. The van der Waals surface area contributed by atoms with Crippen LogP contribution in [0.3, 0.4) is 0 Å². The first kappa shape index (κ1) is 22.5. The molecule has 33 heavy (non-hydrogen) atoms. The molecule has 0 saturated carbocycles. The Morgan fingerprint density at radius 3 is 2.52 bits per heavy atom. The molecule has 4 rings (SSSR count). The molecule has 3 aromatic rings. The minimum Gasteiger partial charge on any atom is -0.406 e. The van der Waals surface area contributed by atoms with Crippen LogP contribution in [0.2, 0.25) is 0 Å². The molecule has 0 radical (unpaired) electrons. The van der Waals surface area contributed by atoms with Gasteiger partial charge in [-0.3, -0.25) is 9.78 Å². The number of carbonyl (C=O) groups excluding carboxylic acids is 1. The number of pyridine rings is 2. The van der Waals surface area contributed by atoms with Gasteiger partial charge in [0.2, 0.25) is 0 Å². The zero-order valence-corrected chi connectivity index (χ0v) is 17.8. The van der Waals surface area contributed by atoms with Gasteiger partial charge in [0.05, 0.1) is 5.56 Å². The summed E-state index contributed by atoms with van der Waals surface area (Å²) in [6.45, 7) is 3.31. The van der Waals surface area contributed by atoms with Gasteiger partial charge in [-0.1, -0.05) is 6.07 Å². The van der Waals surface area contributed by atoms with Gasteiger partial charge in [-0.2, -0.15) is 0 Å². The quantitative estimate of drug-likeness (QED) is 0.598. The van der Waals surface area contributed by atoms with Crippen LogP contribution in [0.15, 0.2) is 54.9 Å². The summed E-state index contributed by atoms with van der Waals surface area (Å²) in [5.74, 6) is -0.0960. The zero-order valence-electron chi connectivity index (χ0n) is 17.8. The van der Waals surface area contributed by atoms with Crippen LogP contribution in [0.4, 0.5) is 24.7 Å². The van der Waals surface area contributed by atoms with Crippen molar-refractivity contribution in [1.82, 2.24) is 9.97 Å². The van der Waals surface area contributed by atoms with E-state index in [-0.39, 0.29) is 11.8 Å². The monoisotopic (exact) mass is 457 g/mol. The molecule has 1 aromatic carbocycles. The standard InChI is InChI=1S/C23H22F3N5O2/c1-14-2-3-15(11-28-14)20-10-16(12-29-21(20)31-9-8-17(27)13-31)22(32)30-18-4-6-19(7-5-18)33-23(24,25)26/h2-7,10-12,17H,8-9,13,27H2,1H3,(H,30,32)/t17-/m1/s1. The summed E-state index contributed by atoms with van der Waals surface area (Å²) in [7, 11) is 0.